The van der Waals surface area contributed by atoms with Gasteiger partial charge < -0.3 is 10.2 Å². The summed E-state index contributed by atoms with van der Waals surface area (Å²) in [5.41, 5.74) is 3.03. The SMILES string of the molecule is CC(C)(C)NC(=O)c1ccc(C(=O)N2CCN(S(=O)(=O)c3ccc4c(c3)CCCC4)CC2)cc1. The van der Waals surface area contributed by atoms with Crippen molar-refractivity contribution >= 4 is 21.8 Å². The number of rotatable bonds is 4. The Bertz CT molecular complexity index is 1180. The highest BCUT2D eigenvalue weighted by atomic mass is 32.2. The van der Waals surface area contributed by atoms with Crippen molar-refractivity contribution in [3.8, 4) is 0 Å². The zero-order valence-corrected chi connectivity index (χ0v) is 21.0. The highest BCUT2D eigenvalue weighted by Gasteiger charge is 2.31. The lowest BCUT2D eigenvalue weighted by atomic mass is 9.92. The number of hydrogen-bond acceptors (Lipinski definition) is 4. The van der Waals surface area contributed by atoms with E-state index in [1.54, 1.807) is 35.2 Å². The number of hydrogen-bond donors (Lipinski definition) is 1. The van der Waals surface area contributed by atoms with E-state index in [1.807, 2.05) is 32.9 Å². The van der Waals surface area contributed by atoms with Crippen LogP contribution in [-0.2, 0) is 22.9 Å². The number of carbonyl (C=O) groups is 2. The fourth-order valence-electron chi connectivity index (χ4n) is 4.51. The zero-order valence-electron chi connectivity index (χ0n) is 20.1. The molecule has 0 atom stereocenters. The van der Waals surface area contributed by atoms with E-state index in [-0.39, 0.29) is 30.4 Å². The molecule has 0 spiro atoms. The first kappa shape index (κ1) is 24.4. The minimum Gasteiger partial charge on any atom is -0.347 e. The number of nitrogens with one attached hydrogen (secondary N) is 1. The van der Waals surface area contributed by atoms with E-state index in [0.717, 1.165) is 31.2 Å². The maximum Gasteiger partial charge on any atom is 0.253 e. The van der Waals surface area contributed by atoms with E-state index < -0.39 is 10.0 Å². The first-order valence-electron chi connectivity index (χ1n) is 11.9. The molecule has 0 bridgehead atoms. The van der Waals surface area contributed by atoms with Crippen LogP contribution in [0.2, 0.25) is 0 Å². The first-order valence-corrected chi connectivity index (χ1v) is 13.3. The number of nitrogens with zero attached hydrogens (tertiary/aromatic N) is 2. The summed E-state index contributed by atoms with van der Waals surface area (Å²) in [6.07, 6.45) is 4.19. The quantitative estimate of drug-likeness (QED) is 0.723. The third kappa shape index (κ3) is 5.33. The molecule has 2 aromatic carbocycles. The Morgan fingerprint density at radius 2 is 1.41 bits per heavy atom. The molecule has 2 aromatic rings. The van der Waals surface area contributed by atoms with Crippen molar-refractivity contribution in [1.82, 2.24) is 14.5 Å². The molecule has 1 fully saturated rings. The van der Waals surface area contributed by atoms with E-state index in [1.165, 1.54) is 9.87 Å². The number of benzene rings is 2. The first-order chi connectivity index (χ1) is 16.0. The van der Waals surface area contributed by atoms with Gasteiger partial charge in [-0.05, 0) is 94.0 Å². The van der Waals surface area contributed by atoms with Gasteiger partial charge in [0.05, 0.1) is 4.90 Å². The second-order valence-electron chi connectivity index (χ2n) is 10.1. The topological polar surface area (TPSA) is 86.8 Å². The van der Waals surface area contributed by atoms with Gasteiger partial charge in [-0.1, -0.05) is 6.07 Å². The Hall–Kier alpha value is -2.71. The Kier molecular flexibility index (Phi) is 6.82. The summed E-state index contributed by atoms with van der Waals surface area (Å²) >= 11 is 0. The van der Waals surface area contributed by atoms with Gasteiger partial charge in [-0.25, -0.2) is 8.42 Å². The number of fused-ring (bicyclic) bond motifs is 1. The van der Waals surface area contributed by atoms with Crippen molar-refractivity contribution < 1.29 is 18.0 Å². The van der Waals surface area contributed by atoms with Gasteiger partial charge in [-0.3, -0.25) is 9.59 Å². The molecule has 0 saturated carbocycles. The minimum atomic E-state index is -3.59. The van der Waals surface area contributed by atoms with Crippen LogP contribution in [0.4, 0.5) is 0 Å². The lowest BCUT2D eigenvalue weighted by Crippen LogP contribution is -2.50. The van der Waals surface area contributed by atoms with Gasteiger partial charge in [-0.15, -0.1) is 0 Å². The van der Waals surface area contributed by atoms with Crippen LogP contribution < -0.4 is 5.32 Å². The van der Waals surface area contributed by atoms with Crippen molar-refractivity contribution in [2.45, 2.75) is 56.9 Å². The summed E-state index contributed by atoms with van der Waals surface area (Å²) in [7, 11) is -3.59. The molecule has 0 unspecified atom stereocenters. The third-order valence-electron chi connectivity index (χ3n) is 6.37. The Morgan fingerprint density at radius 1 is 0.824 bits per heavy atom. The molecular formula is C26H33N3O4S. The van der Waals surface area contributed by atoms with Gasteiger partial charge in [0.2, 0.25) is 10.0 Å². The maximum absolute atomic E-state index is 13.2. The van der Waals surface area contributed by atoms with E-state index in [2.05, 4.69) is 5.32 Å². The molecular weight excluding hydrogens is 450 g/mol. The van der Waals surface area contributed by atoms with Gasteiger partial charge in [0.1, 0.15) is 0 Å². The molecule has 8 heteroatoms. The predicted octanol–water partition coefficient (Wildman–Crippen LogP) is 3.24. The molecule has 4 rings (SSSR count). The lowest BCUT2D eigenvalue weighted by Gasteiger charge is -2.34. The van der Waals surface area contributed by atoms with Gasteiger partial charge in [0.25, 0.3) is 11.8 Å². The van der Waals surface area contributed by atoms with Gasteiger partial charge in [-0.2, -0.15) is 4.31 Å². The van der Waals surface area contributed by atoms with Crippen molar-refractivity contribution in [2.75, 3.05) is 26.2 Å². The standard InChI is InChI=1S/C26H33N3O4S/c1-26(2,3)27-24(30)20-8-10-21(11-9-20)25(31)28-14-16-29(17-15-28)34(32,33)23-13-12-19-6-4-5-7-22(19)18-23/h8-13,18H,4-7,14-17H2,1-3H3,(H,27,30). The Balaban J connectivity index is 1.38. The normalized spacial score (nSPS) is 17.2. The van der Waals surface area contributed by atoms with Crippen LogP contribution in [0.25, 0.3) is 0 Å². The highest BCUT2D eigenvalue weighted by Crippen LogP contribution is 2.26. The van der Waals surface area contributed by atoms with Crippen molar-refractivity contribution in [1.29, 1.82) is 0 Å². The molecule has 7 nitrogen and oxygen atoms in total. The molecule has 2 aliphatic rings. The van der Waals surface area contributed by atoms with E-state index in [9.17, 15) is 18.0 Å². The molecule has 2 amide bonds. The molecule has 1 saturated heterocycles. The maximum atomic E-state index is 13.2. The Morgan fingerprint density at radius 3 is 2.03 bits per heavy atom. The largest absolute Gasteiger partial charge is 0.347 e. The highest BCUT2D eigenvalue weighted by molar-refractivity contribution is 7.89. The molecule has 0 aromatic heterocycles. The Labute approximate surface area is 202 Å². The zero-order chi connectivity index (χ0) is 24.5. The van der Waals surface area contributed by atoms with Gasteiger partial charge in [0.15, 0.2) is 0 Å². The fourth-order valence-corrected chi connectivity index (χ4v) is 5.98. The van der Waals surface area contributed by atoms with Gasteiger partial charge >= 0.3 is 0 Å². The number of carbonyl (C=O) groups excluding carboxylic acids is 2. The monoisotopic (exact) mass is 483 g/mol. The number of sulfonamides is 1. The van der Waals surface area contributed by atoms with Crippen molar-refractivity contribution in [3.05, 3.63) is 64.7 Å². The number of aryl methyl sites for hydroxylation is 2. The lowest BCUT2D eigenvalue weighted by molar-refractivity contribution is 0.0697. The molecule has 1 aliphatic carbocycles. The van der Waals surface area contributed by atoms with Crippen molar-refractivity contribution in [3.63, 3.8) is 0 Å². The van der Waals surface area contributed by atoms with E-state index in [0.29, 0.717) is 29.1 Å². The summed E-state index contributed by atoms with van der Waals surface area (Å²) in [4.78, 5) is 27.3. The molecule has 34 heavy (non-hydrogen) atoms. The van der Waals surface area contributed by atoms with Crippen LogP contribution in [0.5, 0.6) is 0 Å². The van der Waals surface area contributed by atoms with Gasteiger partial charge in [0, 0.05) is 42.8 Å². The summed E-state index contributed by atoms with van der Waals surface area (Å²) in [5.74, 6) is -0.346. The van der Waals surface area contributed by atoms with E-state index in [4.69, 9.17) is 0 Å². The second-order valence-corrected chi connectivity index (χ2v) is 12.1. The summed E-state index contributed by atoms with van der Waals surface area (Å²) in [6.45, 7) is 6.91. The summed E-state index contributed by atoms with van der Waals surface area (Å²) < 4.78 is 27.9. The summed E-state index contributed by atoms with van der Waals surface area (Å²) in [6, 6.07) is 12.1. The second kappa shape index (κ2) is 9.50. The number of amides is 2. The summed E-state index contributed by atoms with van der Waals surface area (Å²) in [5, 5.41) is 2.90. The van der Waals surface area contributed by atoms with Crippen LogP contribution in [0.3, 0.4) is 0 Å². The average Bonchev–Trinajstić information content (AvgIpc) is 2.82. The molecule has 1 aliphatic heterocycles. The average molecular weight is 484 g/mol. The fraction of sp³-hybridized carbons (Fsp3) is 0.462. The van der Waals surface area contributed by atoms with Crippen molar-refractivity contribution in [2.24, 2.45) is 0 Å². The molecule has 1 N–H and O–H groups in total. The minimum absolute atomic E-state index is 0.159. The van der Waals surface area contributed by atoms with Crippen LogP contribution in [-0.4, -0.2) is 61.2 Å². The molecule has 0 radical (unpaired) electrons. The van der Waals surface area contributed by atoms with Crippen LogP contribution in [0.1, 0.15) is 65.5 Å². The predicted molar refractivity (Wildman–Crippen MR) is 131 cm³/mol. The molecule has 1 heterocycles. The van der Waals surface area contributed by atoms with E-state index >= 15 is 0 Å². The van der Waals surface area contributed by atoms with Crippen LogP contribution in [0, 0.1) is 0 Å². The smallest absolute Gasteiger partial charge is 0.253 e. The number of piperazine rings is 1. The van der Waals surface area contributed by atoms with Crippen LogP contribution >= 0.6 is 0 Å². The van der Waals surface area contributed by atoms with Crippen LogP contribution in [0.15, 0.2) is 47.4 Å². The molecule has 182 valence electrons. The third-order valence-corrected chi connectivity index (χ3v) is 8.26.